The second-order valence-corrected chi connectivity index (χ2v) is 9.18. The van der Waals surface area contributed by atoms with Crippen molar-refractivity contribution in [2.24, 2.45) is 5.16 Å². The van der Waals surface area contributed by atoms with Gasteiger partial charge in [-0.25, -0.2) is 0 Å². The Kier molecular flexibility index (Phi) is 9.73. The van der Waals surface area contributed by atoms with Crippen LogP contribution in [0.2, 0.25) is 0 Å². The standard InChI is InChI=1S/C29H35N3O4.ClH/c1-7-9-10-11-19(8-2)36-31-29-22-18-26(34-6)25(33-5)17-21(22)28-27(29)23-16-20(12-13-24(23)30-28)35-15-14-32(3)4;/h2,12-13,16-19,30H,7,9-11,14-15H2,1,3-6H3;1H/b31-29-;/t19-;/m0./s1. The Morgan fingerprint density at radius 3 is 2.43 bits per heavy atom. The summed E-state index contributed by atoms with van der Waals surface area (Å²) >= 11 is 0. The number of nitrogens with zero attached hydrogens (tertiary/aromatic N) is 2. The number of aromatic nitrogens is 1. The maximum absolute atomic E-state index is 6.02. The molecule has 3 aromatic rings. The molecule has 37 heavy (non-hydrogen) atoms. The van der Waals surface area contributed by atoms with E-state index in [0.717, 1.165) is 71.3 Å². The number of aromatic amines is 1. The smallest absolute Gasteiger partial charge is 0.187 e. The number of likely N-dealkylation sites (N-methyl/N-ethyl adjacent to an activating group) is 1. The van der Waals surface area contributed by atoms with E-state index in [1.807, 2.05) is 38.4 Å². The van der Waals surface area contributed by atoms with Crippen LogP contribution in [0.3, 0.4) is 0 Å². The van der Waals surface area contributed by atoms with Gasteiger partial charge in [0.25, 0.3) is 0 Å². The van der Waals surface area contributed by atoms with E-state index >= 15 is 0 Å². The van der Waals surface area contributed by atoms with Gasteiger partial charge in [-0.2, -0.15) is 0 Å². The number of nitrogens with one attached hydrogen (secondary N) is 1. The van der Waals surface area contributed by atoms with E-state index in [2.05, 4.69) is 34.0 Å². The number of oxime groups is 1. The predicted molar refractivity (Wildman–Crippen MR) is 152 cm³/mol. The molecule has 0 spiro atoms. The Morgan fingerprint density at radius 1 is 1.05 bits per heavy atom. The zero-order valence-electron chi connectivity index (χ0n) is 22.2. The highest BCUT2D eigenvalue weighted by molar-refractivity contribution is 6.30. The van der Waals surface area contributed by atoms with Gasteiger partial charge in [0.2, 0.25) is 0 Å². The van der Waals surface area contributed by atoms with Crippen molar-refractivity contribution < 1.29 is 19.0 Å². The molecule has 1 heterocycles. The van der Waals surface area contributed by atoms with Crippen molar-refractivity contribution >= 4 is 29.0 Å². The summed E-state index contributed by atoms with van der Waals surface area (Å²) in [6.07, 6.45) is 9.39. The number of ether oxygens (including phenoxy) is 3. The molecular weight excluding hydrogens is 490 g/mol. The third-order valence-electron chi connectivity index (χ3n) is 6.39. The van der Waals surface area contributed by atoms with Crippen molar-refractivity contribution in [3.63, 3.8) is 0 Å². The second kappa shape index (κ2) is 12.8. The Morgan fingerprint density at radius 2 is 1.78 bits per heavy atom. The minimum absolute atomic E-state index is 0. The molecule has 1 atom stereocenters. The van der Waals surface area contributed by atoms with Gasteiger partial charge in [-0.1, -0.05) is 30.8 Å². The molecule has 0 saturated carbocycles. The third-order valence-corrected chi connectivity index (χ3v) is 6.39. The minimum atomic E-state index is -0.383. The summed E-state index contributed by atoms with van der Waals surface area (Å²) in [5, 5.41) is 5.64. The van der Waals surface area contributed by atoms with Crippen LogP contribution in [0, 0.1) is 12.3 Å². The van der Waals surface area contributed by atoms with Crippen LogP contribution in [0.5, 0.6) is 17.2 Å². The predicted octanol–water partition coefficient (Wildman–Crippen LogP) is 5.88. The number of unbranched alkanes of at least 4 members (excludes halogenated alkanes) is 2. The molecule has 0 unspecified atom stereocenters. The summed E-state index contributed by atoms with van der Waals surface area (Å²) < 4.78 is 17.2. The SMILES string of the molecule is C#C[C@@H](CCCCC)O/N=C1/c2cc(OC)c(OC)cc2-c2[nH]c3ccc(OCCN(C)C)cc3c21.Cl. The fourth-order valence-electron chi connectivity index (χ4n) is 4.43. The molecule has 8 heteroatoms. The lowest BCUT2D eigenvalue weighted by molar-refractivity contribution is 0.0916. The van der Waals surface area contributed by atoms with E-state index in [1.54, 1.807) is 14.2 Å². The highest BCUT2D eigenvalue weighted by Gasteiger charge is 2.32. The molecule has 198 valence electrons. The second-order valence-electron chi connectivity index (χ2n) is 9.18. The van der Waals surface area contributed by atoms with Crippen molar-refractivity contribution in [1.82, 2.24) is 9.88 Å². The lowest BCUT2D eigenvalue weighted by Gasteiger charge is -2.13. The topological polar surface area (TPSA) is 68.3 Å². The first-order chi connectivity index (χ1) is 17.5. The number of benzene rings is 2. The zero-order valence-corrected chi connectivity index (χ0v) is 23.0. The number of hydrogen-bond donors (Lipinski definition) is 1. The van der Waals surface area contributed by atoms with Gasteiger partial charge < -0.3 is 28.9 Å². The van der Waals surface area contributed by atoms with Gasteiger partial charge in [0.05, 0.1) is 19.9 Å². The van der Waals surface area contributed by atoms with Crippen LogP contribution in [0.15, 0.2) is 35.5 Å². The number of fused-ring (bicyclic) bond motifs is 5. The molecule has 1 aliphatic rings. The molecule has 0 amide bonds. The van der Waals surface area contributed by atoms with E-state index in [1.165, 1.54) is 0 Å². The Bertz CT molecular complexity index is 1290. The maximum atomic E-state index is 6.02. The fourth-order valence-corrected chi connectivity index (χ4v) is 4.43. The quantitative estimate of drug-likeness (QED) is 0.142. The minimum Gasteiger partial charge on any atom is -0.493 e. The van der Waals surface area contributed by atoms with Gasteiger partial charge in [-0.15, -0.1) is 18.8 Å². The first kappa shape index (κ1) is 28.2. The molecule has 1 aromatic heterocycles. The number of methoxy groups -OCH3 is 2. The van der Waals surface area contributed by atoms with Crippen LogP contribution in [-0.4, -0.2) is 63.2 Å². The molecule has 1 aliphatic carbocycles. The average Bonchev–Trinajstić information content (AvgIpc) is 3.39. The normalized spacial score (nSPS) is 13.6. The summed E-state index contributed by atoms with van der Waals surface area (Å²) in [4.78, 5) is 11.6. The van der Waals surface area contributed by atoms with E-state index in [-0.39, 0.29) is 18.5 Å². The Hall–Kier alpha value is -3.34. The lowest BCUT2D eigenvalue weighted by Crippen LogP contribution is -2.19. The molecule has 2 aromatic carbocycles. The number of halogens is 1. The van der Waals surface area contributed by atoms with Crippen LogP contribution in [0.4, 0.5) is 0 Å². The van der Waals surface area contributed by atoms with Crippen molar-refractivity contribution in [3.8, 4) is 40.8 Å². The van der Waals surface area contributed by atoms with Crippen molar-refractivity contribution in [1.29, 1.82) is 0 Å². The number of hydrogen-bond acceptors (Lipinski definition) is 6. The van der Waals surface area contributed by atoms with Crippen LogP contribution in [0.25, 0.3) is 22.2 Å². The number of rotatable bonds is 12. The van der Waals surface area contributed by atoms with E-state index < -0.39 is 0 Å². The Balaban J connectivity index is 0.00000380. The molecule has 0 radical (unpaired) electrons. The van der Waals surface area contributed by atoms with Crippen molar-refractivity contribution in [2.45, 2.75) is 38.7 Å². The van der Waals surface area contributed by atoms with Crippen molar-refractivity contribution in [2.75, 3.05) is 41.5 Å². The highest BCUT2D eigenvalue weighted by Crippen LogP contribution is 2.46. The molecule has 1 N–H and O–H groups in total. The summed E-state index contributed by atoms with van der Waals surface area (Å²) in [5.41, 5.74) is 5.49. The highest BCUT2D eigenvalue weighted by atomic mass is 35.5. The van der Waals surface area contributed by atoms with Crippen LogP contribution in [-0.2, 0) is 4.84 Å². The third kappa shape index (κ3) is 5.98. The first-order valence-electron chi connectivity index (χ1n) is 12.4. The van der Waals surface area contributed by atoms with Gasteiger partial charge in [0, 0.05) is 34.1 Å². The molecular formula is C29H36ClN3O4. The Labute approximate surface area is 225 Å². The first-order valence-corrected chi connectivity index (χ1v) is 12.4. The number of H-pyrrole nitrogens is 1. The molecule has 4 rings (SSSR count). The molecule has 0 fully saturated rings. The summed E-state index contributed by atoms with van der Waals surface area (Å²) in [6.45, 7) is 3.60. The van der Waals surface area contributed by atoms with Gasteiger partial charge in [-0.05, 0) is 57.3 Å². The fraction of sp³-hybridized carbons (Fsp3) is 0.414. The zero-order chi connectivity index (χ0) is 25.7. The summed E-state index contributed by atoms with van der Waals surface area (Å²) in [6, 6.07) is 9.98. The summed E-state index contributed by atoms with van der Waals surface area (Å²) in [5.74, 6) is 4.82. The maximum Gasteiger partial charge on any atom is 0.187 e. The molecule has 7 nitrogen and oxygen atoms in total. The molecule has 0 aliphatic heterocycles. The van der Waals surface area contributed by atoms with E-state index in [0.29, 0.717) is 23.8 Å². The van der Waals surface area contributed by atoms with Gasteiger partial charge in [0.1, 0.15) is 18.1 Å². The van der Waals surface area contributed by atoms with Crippen LogP contribution in [0.1, 0.15) is 43.7 Å². The largest absolute Gasteiger partial charge is 0.493 e. The average molecular weight is 526 g/mol. The number of terminal acetylenes is 1. The molecule has 0 saturated heterocycles. The van der Waals surface area contributed by atoms with Gasteiger partial charge in [-0.3, -0.25) is 0 Å². The van der Waals surface area contributed by atoms with E-state index in [4.69, 9.17) is 25.5 Å². The lowest BCUT2D eigenvalue weighted by atomic mass is 10.1. The van der Waals surface area contributed by atoms with Gasteiger partial charge >= 0.3 is 0 Å². The molecule has 0 bridgehead atoms. The van der Waals surface area contributed by atoms with E-state index in [9.17, 15) is 0 Å². The van der Waals surface area contributed by atoms with Crippen LogP contribution >= 0.6 is 12.4 Å². The van der Waals surface area contributed by atoms with Crippen LogP contribution < -0.4 is 14.2 Å². The van der Waals surface area contributed by atoms with Gasteiger partial charge in [0.15, 0.2) is 17.6 Å². The van der Waals surface area contributed by atoms with Crippen molar-refractivity contribution in [3.05, 3.63) is 41.5 Å². The summed E-state index contributed by atoms with van der Waals surface area (Å²) in [7, 11) is 7.31. The monoisotopic (exact) mass is 525 g/mol.